The van der Waals surface area contributed by atoms with Gasteiger partial charge in [-0.05, 0) is 25.0 Å². The first kappa shape index (κ1) is 7.73. The van der Waals surface area contributed by atoms with Crippen LogP contribution in [0.15, 0.2) is 18.3 Å². The number of rotatable bonds is 2. The van der Waals surface area contributed by atoms with Gasteiger partial charge in [-0.1, -0.05) is 22.0 Å². The van der Waals surface area contributed by atoms with Crippen molar-refractivity contribution in [2.45, 2.75) is 13.3 Å². The molecule has 0 saturated carbocycles. The van der Waals surface area contributed by atoms with E-state index < -0.39 is 0 Å². The third-order valence-corrected chi connectivity index (χ3v) is 1.88. The van der Waals surface area contributed by atoms with E-state index in [1.165, 1.54) is 5.56 Å². The Labute approximate surface area is 69.6 Å². The highest BCUT2D eigenvalue weighted by Crippen LogP contribution is 2.05. The minimum absolute atomic E-state index is 1.01. The molecule has 0 spiro atoms. The Morgan fingerprint density at radius 2 is 2.40 bits per heavy atom. The van der Waals surface area contributed by atoms with Gasteiger partial charge in [-0.15, -0.1) is 0 Å². The predicted molar refractivity (Wildman–Crippen MR) is 46.5 cm³/mol. The summed E-state index contributed by atoms with van der Waals surface area (Å²) in [6.07, 6.45) is 2.90. The van der Waals surface area contributed by atoms with Crippen molar-refractivity contribution in [2.24, 2.45) is 0 Å². The van der Waals surface area contributed by atoms with Crippen molar-refractivity contribution in [2.75, 3.05) is 5.33 Å². The van der Waals surface area contributed by atoms with E-state index in [2.05, 4.69) is 27.0 Å². The summed E-state index contributed by atoms with van der Waals surface area (Å²) in [7, 11) is 0. The van der Waals surface area contributed by atoms with Crippen LogP contribution in [0.5, 0.6) is 0 Å². The zero-order chi connectivity index (χ0) is 7.40. The van der Waals surface area contributed by atoms with Gasteiger partial charge in [-0.25, -0.2) is 0 Å². The summed E-state index contributed by atoms with van der Waals surface area (Å²) in [6, 6.07) is 4.09. The lowest BCUT2D eigenvalue weighted by atomic mass is 10.2. The lowest BCUT2D eigenvalue weighted by Gasteiger charge is -1.99. The van der Waals surface area contributed by atoms with Gasteiger partial charge in [0.2, 0.25) is 0 Å². The molecule has 2 heteroatoms. The molecule has 1 nitrogen and oxygen atoms in total. The predicted octanol–water partition coefficient (Wildman–Crippen LogP) is 2.33. The van der Waals surface area contributed by atoms with Gasteiger partial charge in [0.1, 0.15) is 0 Å². The number of nitrogens with zero attached hydrogens (tertiary/aromatic N) is 1. The summed E-state index contributed by atoms with van der Waals surface area (Å²) in [5.41, 5.74) is 2.47. The zero-order valence-electron chi connectivity index (χ0n) is 5.97. The van der Waals surface area contributed by atoms with Crippen LogP contribution < -0.4 is 0 Å². The summed E-state index contributed by atoms with van der Waals surface area (Å²) in [6.45, 7) is 2.04. The highest BCUT2D eigenvalue weighted by atomic mass is 79.9. The van der Waals surface area contributed by atoms with Crippen molar-refractivity contribution in [1.29, 1.82) is 0 Å². The molecule has 1 aromatic rings. The van der Waals surface area contributed by atoms with Crippen LogP contribution in [0.25, 0.3) is 0 Å². The molecule has 1 aromatic heterocycles. The second-order valence-corrected chi connectivity index (χ2v) is 2.98. The molecule has 0 aliphatic rings. The number of hydrogen-bond acceptors (Lipinski definition) is 1. The fourth-order valence-electron chi connectivity index (χ4n) is 0.884. The Balaban J connectivity index is 2.81. The molecule has 54 valence electrons. The molecule has 0 unspecified atom stereocenters. The normalized spacial score (nSPS) is 9.80. The molecule has 0 aliphatic heterocycles. The number of aromatic nitrogens is 1. The first-order chi connectivity index (χ1) is 4.84. The average Bonchev–Trinajstić information content (AvgIpc) is 1.94. The fourth-order valence-corrected chi connectivity index (χ4v) is 1.31. The molecule has 0 fully saturated rings. The van der Waals surface area contributed by atoms with Gasteiger partial charge in [0.25, 0.3) is 0 Å². The molecule has 10 heavy (non-hydrogen) atoms. The maximum atomic E-state index is 4.18. The van der Waals surface area contributed by atoms with E-state index >= 15 is 0 Å². The Morgan fingerprint density at radius 3 is 3.00 bits per heavy atom. The second-order valence-electron chi connectivity index (χ2n) is 2.19. The Kier molecular flexibility index (Phi) is 2.87. The maximum Gasteiger partial charge on any atom is 0.0404 e. The molecule has 0 radical (unpaired) electrons. The topological polar surface area (TPSA) is 12.9 Å². The highest BCUT2D eigenvalue weighted by molar-refractivity contribution is 9.09. The van der Waals surface area contributed by atoms with Crippen LogP contribution in [0, 0.1) is 6.92 Å². The van der Waals surface area contributed by atoms with Gasteiger partial charge in [0.15, 0.2) is 0 Å². The van der Waals surface area contributed by atoms with Crippen LogP contribution in [0.4, 0.5) is 0 Å². The van der Waals surface area contributed by atoms with Gasteiger partial charge in [-0.2, -0.15) is 0 Å². The summed E-state index contributed by atoms with van der Waals surface area (Å²) in [4.78, 5) is 4.18. The highest BCUT2D eigenvalue weighted by Gasteiger charge is 1.94. The van der Waals surface area contributed by atoms with E-state index in [4.69, 9.17) is 0 Å². The van der Waals surface area contributed by atoms with E-state index in [0.29, 0.717) is 0 Å². The fraction of sp³-hybridized carbons (Fsp3) is 0.375. The van der Waals surface area contributed by atoms with Crippen LogP contribution in [0.1, 0.15) is 11.3 Å². The third-order valence-electron chi connectivity index (χ3n) is 1.48. The van der Waals surface area contributed by atoms with Crippen LogP contribution in [-0.4, -0.2) is 10.3 Å². The smallest absolute Gasteiger partial charge is 0.0404 e. The first-order valence-electron chi connectivity index (χ1n) is 3.31. The SMILES string of the molecule is Cc1ncccc1CCBr. The van der Waals surface area contributed by atoms with Crippen molar-refractivity contribution in [3.63, 3.8) is 0 Å². The standard InChI is InChI=1S/C8H10BrN/c1-7-8(4-5-9)3-2-6-10-7/h2-3,6H,4-5H2,1H3. The largest absolute Gasteiger partial charge is 0.261 e. The molecule has 1 heterocycles. The molecule has 0 atom stereocenters. The minimum Gasteiger partial charge on any atom is -0.261 e. The van der Waals surface area contributed by atoms with E-state index in [1.807, 2.05) is 19.2 Å². The van der Waals surface area contributed by atoms with Gasteiger partial charge in [-0.3, -0.25) is 4.98 Å². The van der Waals surface area contributed by atoms with Crippen LogP contribution in [-0.2, 0) is 6.42 Å². The quantitative estimate of drug-likeness (QED) is 0.667. The third kappa shape index (κ3) is 1.81. The van der Waals surface area contributed by atoms with E-state index in [1.54, 1.807) is 0 Å². The number of hydrogen-bond donors (Lipinski definition) is 0. The van der Waals surface area contributed by atoms with Gasteiger partial charge >= 0.3 is 0 Å². The van der Waals surface area contributed by atoms with Gasteiger partial charge in [0.05, 0.1) is 0 Å². The molecule has 0 aliphatic carbocycles. The van der Waals surface area contributed by atoms with Gasteiger partial charge < -0.3 is 0 Å². The lowest BCUT2D eigenvalue weighted by molar-refractivity contribution is 1.06. The second kappa shape index (κ2) is 3.71. The molecule has 1 rings (SSSR count). The minimum atomic E-state index is 1.01. The van der Waals surface area contributed by atoms with E-state index in [0.717, 1.165) is 17.4 Å². The van der Waals surface area contributed by atoms with Gasteiger partial charge in [0, 0.05) is 17.2 Å². The first-order valence-corrected chi connectivity index (χ1v) is 4.43. The van der Waals surface area contributed by atoms with Crippen LogP contribution in [0.3, 0.4) is 0 Å². The molecule has 0 amide bonds. The molecule has 0 saturated heterocycles. The molecular formula is C8H10BrN. The Hall–Kier alpha value is -0.370. The average molecular weight is 200 g/mol. The number of pyridine rings is 1. The summed E-state index contributed by atoms with van der Waals surface area (Å²) in [5.74, 6) is 0. The Bertz CT molecular complexity index is 210. The van der Waals surface area contributed by atoms with Crippen LogP contribution in [0.2, 0.25) is 0 Å². The lowest BCUT2D eigenvalue weighted by Crippen LogP contribution is -1.91. The molecule has 0 aromatic carbocycles. The van der Waals surface area contributed by atoms with E-state index in [9.17, 15) is 0 Å². The summed E-state index contributed by atoms with van der Waals surface area (Å²) >= 11 is 3.39. The number of aryl methyl sites for hydroxylation is 2. The van der Waals surface area contributed by atoms with E-state index in [-0.39, 0.29) is 0 Å². The Morgan fingerprint density at radius 1 is 1.60 bits per heavy atom. The molecule has 0 N–H and O–H groups in total. The van der Waals surface area contributed by atoms with Crippen molar-refractivity contribution in [3.05, 3.63) is 29.6 Å². The number of halogens is 1. The maximum absolute atomic E-state index is 4.18. The van der Waals surface area contributed by atoms with Crippen molar-refractivity contribution < 1.29 is 0 Å². The van der Waals surface area contributed by atoms with Crippen LogP contribution >= 0.6 is 15.9 Å². The van der Waals surface area contributed by atoms with Crippen molar-refractivity contribution in [3.8, 4) is 0 Å². The monoisotopic (exact) mass is 199 g/mol. The summed E-state index contributed by atoms with van der Waals surface area (Å²) < 4.78 is 0. The number of alkyl halides is 1. The zero-order valence-corrected chi connectivity index (χ0v) is 7.56. The van der Waals surface area contributed by atoms with Crippen molar-refractivity contribution in [1.82, 2.24) is 4.98 Å². The van der Waals surface area contributed by atoms with Crippen molar-refractivity contribution >= 4 is 15.9 Å². The molecular weight excluding hydrogens is 190 g/mol. The molecule has 0 bridgehead atoms. The summed E-state index contributed by atoms with van der Waals surface area (Å²) in [5, 5.41) is 1.01.